The number of carbonyl (C=O) groups is 3. The maximum absolute atomic E-state index is 12.8. The molecule has 2 N–H and O–H groups in total. The number of hydrogen-bond acceptors (Lipinski definition) is 7. The fourth-order valence-corrected chi connectivity index (χ4v) is 2.35. The highest BCUT2D eigenvalue weighted by molar-refractivity contribution is 5.98. The molecule has 1 amide bonds. The molecule has 0 atom stereocenters. The monoisotopic (exact) mass is 447 g/mol. The quantitative estimate of drug-likeness (QED) is 0.259. The first-order valence-electron chi connectivity index (χ1n) is 10.7. The van der Waals surface area contributed by atoms with E-state index in [2.05, 4.69) is 10.6 Å². The van der Waals surface area contributed by atoms with Crippen LogP contribution in [0, 0.1) is 10.8 Å². The third kappa shape index (κ3) is 9.85. The van der Waals surface area contributed by atoms with E-state index in [-0.39, 0.29) is 54.7 Å². The molecule has 0 radical (unpaired) electrons. The minimum absolute atomic E-state index is 0.000847. The molecule has 0 spiro atoms. The van der Waals surface area contributed by atoms with Gasteiger partial charge in [-0.05, 0) is 49.8 Å². The maximum atomic E-state index is 12.8. The Labute approximate surface area is 190 Å². The Hall–Kier alpha value is -3.03. The number of benzene rings is 1. The molecule has 0 saturated carbocycles. The summed E-state index contributed by atoms with van der Waals surface area (Å²) in [5.74, 6) is -1.42. The van der Waals surface area contributed by atoms with Crippen molar-refractivity contribution in [1.82, 2.24) is 10.6 Å². The Morgan fingerprint density at radius 3 is 2.22 bits per heavy atom. The zero-order chi connectivity index (χ0) is 24.5. The standard InChI is InChI=1S/C24H36N2O6/c1-8-20(28)31-15-16-9-10-18(32-22(30)24(5,6)7)17(13-16)21(29)26-12-11-25-19(27)14-23(2,3)4/h9-10,13-14,25,27H,8,11-12,15H2,1-7H3,(H,26,29)/p-1. The zero-order valence-corrected chi connectivity index (χ0v) is 20.1. The predicted octanol–water partition coefficient (Wildman–Crippen LogP) is 2.66. The topological polar surface area (TPSA) is 117 Å². The highest BCUT2D eigenvalue weighted by atomic mass is 16.5. The normalized spacial score (nSPS) is 12.2. The van der Waals surface area contributed by atoms with Gasteiger partial charge in [0.25, 0.3) is 5.91 Å². The second-order valence-electron chi connectivity index (χ2n) is 9.54. The number of esters is 2. The van der Waals surface area contributed by atoms with Crippen molar-refractivity contribution in [3.05, 3.63) is 41.3 Å². The van der Waals surface area contributed by atoms with Gasteiger partial charge in [0.05, 0.1) is 11.0 Å². The van der Waals surface area contributed by atoms with Gasteiger partial charge in [0.15, 0.2) is 0 Å². The van der Waals surface area contributed by atoms with Crippen molar-refractivity contribution < 1.29 is 29.0 Å². The van der Waals surface area contributed by atoms with Gasteiger partial charge in [-0.3, -0.25) is 14.4 Å². The highest BCUT2D eigenvalue weighted by Crippen LogP contribution is 2.25. The Balaban J connectivity index is 2.93. The molecule has 0 bridgehead atoms. The molecule has 0 fully saturated rings. The summed E-state index contributed by atoms with van der Waals surface area (Å²) in [4.78, 5) is 36.5. The molecule has 1 rings (SSSR count). The predicted molar refractivity (Wildman–Crippen MR) is 119 cm³/mol. The SMILES string of the molecule is CCC(=O)OCc1ccc(OC(=O)C(C)(C)C)c(C(=O)NCCNC([O-])=CC(C)(C)C)c1. The minimum atomic E-state index is -0.753. The minimum Gasteiger partial charge on any atom is -0.861 e. The average Bonchev–Trinajstić information content (AvgIpc) is 2.67. The second-order valence-corrected chi connectivity index (χ2v) is 9.54. The first-order chi connectivity index (χ1) is 14.7. The molecule has 0 aliphatic rings. The highest BCUT2D eigenvalue weighted by Gasteiger charge is 2.26. The van der Waals surface area contributed by atoms with E-state index in [4.69, 9.17) is 9.47 Å². The molecule has 0 aliphatic heterocycles. The van der Waals surface area contributed by atoms with E-state index in [1.165, 1.54) is 12.1 Å². The molecule has 8 heteroatoms. The molecule has 178 valence electrons. The number of nitrogens with one attached hydrogen (secondary N) is 2. The summed E-state index contributed by atoms with van der Waals surface area (Å²) in [6.45, 7) is 13.0. The number of amides is 1. The first kappa shape index (κ1) is 27.0. The molecule has 0 heterocycles. The summed E-state index contributed by atoms with van der Waals surface area (Å²) in [5.41, 5.74) is -0.279. The van der Waals surface area contributed by atoms with Gasteiger partial charge in [0, 0.05) is 19.5 Å². The van der Waals surface area contributed by atoms with E-state index in [1.54, 1.807) is 39.8 Å². The van der Waals surface area contributed by atoms with Gasteiger partial charge in [-0.2, -0.15) is 0 Å². The van der Waals surface area contributed by atoms with Crippen LogP contribution in [0.5, 0.6) is 5.75 Å². The molecule has 0 unspecified atom stereocenters. The van der Waals surface area contributed by atoms with Crippen molar-refractivity contribution in [2.45, 2.75) is 61.5 Å². The van der Waals surface area contributed by atoms with E-state index in [9.17, 15) is 19.5 Å². The van der Waals surface area contributed by atoms with Gasteiger partial charge in [0.2, 0.25) is 0 Å². The van der Waals surface area contributed by atoms with E-state index in [1.807, 2.05) is 20.8 Å². The van der Waals surface area contributed by atoms with Crippen molar-refractivity contribution >= 4 is 17.8 Å². The van der Waals surface area contributed by atoms with Crippen LogP contribution >= 0.6 is 0 Å². The molecular weight excluding hydrogens is 412 g/mol. The van der Waals surface area contributed by atoms with Crippen LogP contribution in [0.2, 0.25) is 0 Å². The Morgan fingerprint density at radius 1 is 1.03 bits per heavy atom. The zero-order valence-electron chi connectivity index (χ0n) is 20.1. The number of rotatable bonds is 9. The molecule has 8 nitrogen and oxygen atoms in total. The van der Waals surface area contributed by atoms with Crippen LogP contribution in [0.3, 0.4) is 0 Å². The number of carbonyl (C=O) groups excluding carboxylic acids is 3. The van der Waals surface area contributed by atoms with E-state index < -0.39 is 17.3 Å². The fraction of sp³-hybridized carbons (Fsp3) is 0.542. The van der Waals surface area contributed by atoms with Crippen molar-refractivity contribution in [2.24, 2.45) is 10.8 Å². The lowest BCUT2D eigenvalue weighted by Crippen LogP contribution is -2.35. The van der Waals surface area contributed by atoms with Crippen LogP contribution in [-0.2, 0) is 20.9 Å². The van der Waals surface area contributed by atoms with Gasteiger partial charge < -0.3 is 25.2 Å². The van der Waals surface area contributed by atoms with Crippen molar-refractivity contribution in [1.29, 1.82) is 0 Å². The smallest absolute Gasteiger partial charge is 0.316 e. The van der Waals surface area contributed by atoms with Gasteiger partial charge in [-0.25, -0.2) is 0 Å². The van der Waals surface area contributed by atoms with Gasteiger partial charge in [-0.1, -0.05) is 39.8 Å². The maximum Gasteiger partial charge on any atom is 0.316 e. The largest absolute Gasteiger partial charge is 0.861 e. The van der Waals surface area contributed by atoms with Crippen LogP contribution in [0.1, 0.15) is 70.8 Å². The number of hydrogen-bond donors (Lipinski definition) is 2. The Kier molecular flexibility index (Phi) is 9.75. The average molecular weight is 448 g/mol. The van der Waals surface area contributed by atoms with Crippen molar-refractivity contribution in [3.8, 4) is 5.75 Å². The summed E-state index contributed by atoms with van der Waals surface area (Å²) in [7, 11) is 0. The lowest BCUT2D eigenvalue weighted by molar-refractivity contribution is -0.312. The van der Waals surface area contributed by atoms with E-state index >= 15 is 0 Å². The molecule has 0 aliphatic carbocycles. The second kappa shape index (κ2) is 11.5. The van der Waals surface area contributed by atoms with Gasteiger partial charge in [-0.15, -0.1) is 0 Å². The lowest BCUT2D eigenvalue weighted by atomic mass is 9.97. The van der Waals surface area contributed by atoms with Gasteiger partial charge in [0.1, 0.15) is 12.4 Å². The molecular formula is C24H35N2O6-. The summed E-state index contributed by atoms with van der Waals surface area (Å²) in [6, 6.07) is 4.66. The molecule has 0 aromatic heterocycles. The molecule has 0 saturated heterocycles. The molecule has 1 aromatic rings. The Bertz CT molecular complexity index is 847. The van der Waals surface area contributed by atoms with E-state index in [0.29, 0.717) is 5.56 Å². The van der Waals surface area contributed by atoms with E-state index in [0.717, 1.165) is 0 Å². The van der Waals surface area contributed by atoms with Crippen LogP contribution in [-0.4, -0.2) is 30.9 Å². The first-order valence-corrected chi connectivity index (χ1v) is 10.7. The third-order valence-electron chi connectivity index (χ3n) is 4.07. The lowest BCUT2D eigenvalue weighted by Gasteiger charge is -2.21. The summed E-state index contributed by atoms with van der Waals surface area (Å²) >= 11 is 0. The van der Waals surface area contributed by atoms with Crippen LogP contribution in [0.25, 0.3) is 0 Å². The molecule has 1 aromatic carbocycles. The molecule has 32 heavy (non-hydrogen) atoms. The fourth-order valence-electron chi connectivity index (χ4n) is 2.35. The van der Waals surface area contributed by atoms with Crippen LogP contribution < -0.4 is 20.5 Å². The van der Waals surface area contributed by atoms with Gasteiger partial charge >= 0.3 is 11.9 Å². The Morgan fingerprint density at radius 2 is 1.66 bits per heavy atom. The number of ether oxygens (including phenoxy) is 2. The van der Waals surface area contributed by atoms with Crippen LogP contribution in [0.15, 0.2) is 30.2 Å². The van der Waals surface area contributed by atoms with Crippen LogP contribution in [0.4, 0.5) is 0 Å². The van der Waals surface area contributed by atoms with Crippen molar-refractivity contribution in [2.75, 3.05) is 13.1 Å². The summed E-state index contributed by atoms with van der Waals surface area (Å²) in [6.07, 6.45) is 1.81. The summed E-state index contributed by atoms with van der Waals surface area (Å²) < 4.78 is 10.6. The van der Waals surface area contributed by atoms with Crippen molar-refractivity contribution in [3.63, 3.8) is 0 Å². The number of allylic oxidation sites excluding steroid dienone is 1. The summed E-state index contributed by atoms with van der Waals surface area (Å²) in [5, 5.41) is 17.3. The third-order valence-corrected chi connectivity index (χ3v) is 4.07.